The van der Waals surface area contributed by atoms with Crippen molar-refractivity contribution in [2.75, 3.05) is 33.7 Å². The Balaban J connectivity index is 1.73. The van der Waals surface area contributed by atoms with Crippen LogP contribution >= 0.6 is 0 Å². The molecule has 6 nitrogen and oxygen atoms in total. The zero-order valence-electron chi connectivity index (χ0n) is 14.0. The van der Waals surface area contributed by atoms with E-state index in [-0.39, 0.29) is 30.3 Å². The van der Waals surface area contributed by atoms with Gasteiger partial charge in [-0.15, -0.1) is 0 Å². The fourth-order valence-electron chi connectivity index (χ4n) is 3.50. The van der Waals surface area contributed by atoms with E-state index >= 15 is 0 Å². The SMILES string of the molecule is Cc1ccc(CN2CC[C@@H]3C(=O)N(C)CC(=O)N(C)[C@@H]3C2)nc1. The lowest BCUT2D eigenvalue weighted by Crippen LogP contribution is -2.53. The Bertz CT molecular complexity index is 601. The van der Waals surface area contributed by atoms with E-state index in [1.807, 2.05) is 26.2 Å². The molecule has 0 aliphatic carbocycles. The third-order valence-corrected chi connectivity index (χ3v) is 4.98. The average Bonchev–Trinajstić information content (AvgIpc) is 2.62. The largest absolute Gasteiger partial charge is 0.339 e. The summed E-state index contributed by atoms with van der Waals surface area (Å²) >= 11 is 0. The molecule has 0 N–H and O–H groups in total. The number of amides is 2. The summed E-state index contributed by atoms with van der Waals surface area (Å²) < 4.78 is 0. The third kappa shape index (κ3) is 3.22. The Morgan fingerprint density at radius 2 is 2.04 bits per heavy atom. The lowest BCUT2D eigenvalue weighted by atomic mass is 9.89. The fourth-order valence-corrected chi connectivity index (χ4v) is 3.50. The van der Waals surface area contributed by atoms with Gasteiger partial charge in [0.15, 0.2) is 0 Å². The van der Waals surface area contributed by atoms with Crippen molar-refractivity contribution < 1.29 is 9.59 Å². The lowest BCUT2D eigenvalue weighted by molar-refractivity contribution is -0.136. The number of piperidine rings is 1. The average molecular weight is 316 g/mol. The normalized spacial score (nSPS) is 26.2. The molecule has 2 fully saturated rings. The van der Waals surface area contributed by atoms with Crippen molar-refractivity contribution in [2.24, 2.45) is 5.92 Å². The number of rotatable bonds is 2. The van der Waals surface area contributed by atoms with Crippen molar-refractivity contribution in [3.8, 4) is 0 Å². The first-order valence-electron chi connectivity index (χ1n) is 8.10. The molecule has 23 heavy (non-hydrogen) atoms. The van der Waals surface area contributed by atoms with Gasteiger partial charge in [0.05, 0.1) is 24.2 Å². The first kappa shape index (κ1) is 15.9. The van der Waals surface area contributed by atoms with E-state index in [1.54, 1.807) is 16.8 Å². The Morgan fingerprint density at radius 1 is 1.26 bits per heavy atom. The number of aryl methyl sites for hydroxylation is 1. The molecule has 124 valence electrons. The van der Waals surface area contributed by atoms with Crippen molar-refractivity contribution in [3.05, 3.63) is 29.6 Å². The predicted octanol–water partition coefficient (Wildman–Crippen LogP) is 0.511. The van der Waals surface area contributed by atoms with Crippen molar-refractivity contribution in [1.82, 2.24) is 19.7 Å². The van der Waals surface area contributed by atoms with Crippen molar-refractivity contribution in [1.29, 1.82) is 0 Å². The van der Waals surface area contributed by atoms with E-state index in [1.165, 1.54) is 0 Å². The topological polar surface area (TPSA) is 56.8 Å². The van der Waals surface area contributed by atoms with Gasteiger partial charge in [-0.1, -0.05) is 6.07 Å². The van der Waals surface area contributed by atoms with Crippen LogP contribution in [0.25, 0.3) is 0 Å². The van der Waals surface area contributed by atoms with Crippen LogP contribution in [0.3, 0.4) is 0 Å². The molecule has 0 radical (unpaired) electrons. The van der Waals surface area contributed by atoms with Gasteiger partial charge in [-0.2, -0.15) is 0 Å². The van der Waals surface area contributed by atoms with E-state index < -0.39 is 0 Å². The first-order chi connectivity index (χ1) is 11.0. The minimum absolute atomic E-state index is 0.0173. The first-order valence-corrected chi connectivity index (χ1v) is 8.10. The highest BCUT2D eigenvalue weighted by molar-refractivity contribution is 5.89. The molecule has 0 unspecified atom stereocenters. The molecule has 0 bridgehead atoms. The van der Waals surface area contributed by atoms with Crippen molar-refractivity contribution in [2.45, 2.75) is 25.9 Å². The van der Waals surface area contributed by atoms with Crippen LogP contribution in [0.4, 0.5) is 0 Å². The van der Waals surface area contributed by atoms with Crippen LogP contribution in [0.1, 0.15) is 17.7 Å². The van der Waals surface area contributed by atoms with Crippen molar-refractivity contribution >= 4 is 11.8 Å². The smallest absolute Gasteiger partial charge is 0.242 e. The van der Waals surface area contributed by atoms with E-state index in [0.717, 1.165) is 37.3 Å². The molecule has 2 atom stereocenters. The highest BCUT2D eigenvalue weighted by Crippen LogP contribution is 2.27. The van der Waals surface area contributed by atoms with Crippen LogP contribution in [-0.4, -0.2) is 71.3 Å². The molecule has 2 aliphatic heterocycles. The van der Waals surface area contributed by atoms with E-state index in [9.17, 15) is 9.59 Å². The van der Waals surface area contributed by atoms with Gasteiger partial charge in [-0.25, -0.2) is 0 Å². The monoisotopic (exact) mass is 316 g/mol. The molecule has 0 saturated carbocycles. The number of hydrogen-bond donors (Lipinski definition) is 0. The van der Waals surface area contributed by atoms with Gasteiger partial charge in [-0.05, 0) is 31.5 Å². The highest BCUT2D eigenvalue weighted by Gasteiger charge is 2.42. The van der Waals surface area contributed by atoms with Gasteiger partial charge >= 0.3 is 0 Å². The van der Waals surface area contributed by atoms with E-state index in [4.69, 9.17) is 0 Å². The minimum Gasteiger partial charge on any atom is -0.339 e. The minimum atomic E-state index is -0.0846. The van der Waals surface area contributed by atoms with Crippen LogP contribution in [0, 0.1) is 12.8 Å². The summed E-state index contributed by atoms with van der Waals surface area (Å²) in [7, 11) is 3.54. The fraction of sp³-hybridized carbons (Fsp3) is 0.588. The molecule has 2 amide bonds. The molecular weight excluding hydrogens is 292 g/mol. The summed E-state index contributed by atoms with van der Waals surface area (Å²) in [6.07, 6.45) is 2.67. The lowest BCUT2D eigenvalue weighted by Gasteiger charge is -2.40. The molecule has 0 aromatic carbocycles. The summed E-state index contributed by atoms with van der Waals surface area (Å²) in [6.45, 7) is 4.55. The summed E-state index contributed by atoms with van der Waals surface area (Å²) in [4.78, 5) is 34.8. The molecule has 3 rings (SSSR count). The number of pyridine rings is 1. The standard InChI is InChI=1S/C17H24N4O2/c1-12-4-5-13(18-8-12)9-21-7-6-14-15(10-21)20(3)16(22)11-19(2)17(14)23/h4-5,8,14-15H,6-7,9-11H2,1-3H3/t14-,15+/m0/s1. The Morgan fingerprint density at radius 3 is 2.74 bits per heavy atom. The zero-order valence-corrected chi connectivity index (χ0v) is 14.0. The Hall–Kier alpha value is -1.95. The number of carbonyl (C=O) groups excluding carboxylic acids is 2. The number of aromatic nitrogens is 1. The molecule has 0 spiro atoms. The van der Waals surface area contributed by atoms with Gasteiger partial charge in [0.2, 0.25) is 11.8 Å². The molecule has 6 heteroatoms. The maximum atomic E-state index is 12.5. The van der Waals surface area contributed by atoms with Crippen LogP contribution in [0.15, 0.2) is 18.3 Å². The summed E-state index contributed by atoms with van der Waals surface area (Å²) in [5, 5.41) is 0. The van der Waals surface area contributed by atoms with Crippen LogP contribution in [0.2, 0.25) is 0 Å². The number of hydrogen-bond acceptors (Lipinski definition) is 4. The highest BCUT2D eigenvalue weighted by atomic mass is 16.2. The predicted molar refractivity (Wildman–Crippen MR) is 86.6 cm³/mol. The van der Waals surface area contributed by atoms with Gasteiger partial charge < -0.3 is 9.80 Å². The van der Waals surface area contributed by atoms with E-state index in [0.29, 0.717) is 0 Å². The Labute approximate surface area is 137 Å². The molecule has 3 heterocycles. The maximum Gasteiger partial charge on any atom is 0.242 e. The van der Waals surface area contributed by atoms with Gasteiger partial charge in [-0.3, -0.25) is 19.5 Å². The third-order valence-electron chi connectivity index (χ3n) is 4.98. The number of carbonyl (C=O) groups is 2. The van der Waals surface area contributed by atoms with Crippen LogP contribution < -0.4 is 0 Å². The molecule has 2 saturated heterocycles. The summed E-state index contributed by atoms with van der Waals surface area (Å²) in [5.74, 6) is 0.0307. The number of nitrogens with zero attached hydrogens (tertiary/aromatic N) is 4. The van der Waals surface area contributed by atoms with Crippen LogP contribution in [-0.2, 0) is 16.1 Å². The van der Waals surface area contributed by atoms with Gasteiger partial charge in [0.1, 0.15) is 0 Å². The summed E-state index contributed by atoms with van der Waals surface area (Å²) in [6, 6.07) is 4.07. The number of fused-ring (bicyclic) bond motifs is 1. The number of likely N-dealkylation sites (tertiary alicyclic amines) is 1. The molecule has 1 aromatic rings. The second-order valence-corrected chi connectivity index (χ2v) is 6.72. The van der Waals surface area contributed by atoms with Crippen molar-refractivity contribution in [3.63, 3.8) is 0 Å². The second-order valence-electron chi connectivity index (χ2n) is 6.72. The second kappa shape index (κ2) is 6.28. The number of likely N-dealkylation sites (N-methyl/N-ethyl adjacent to an activating group) is 2. The zero-order chi connectivity index (χ0) is 16.6. The molecule has 2 aliphatic rings. The van der Waals surface area contributed by atoms with Gasteiger partial charge in [0, 0.05) is 33.4 Å². The Kier molecular flexibility index (Phi) is 4.35. The summed E-state index contributed by atoms with van der Waals surface area (Å²) in [5.41, 5.74) is 2.18. The van der Waals surface area contributed by atoms with Gasteiger partial charge in [0.25, 0.3) is 0 Å². The van der Waals surface area contributed by atoms with E-state index in [2.05, 4.69) is 16.0 Å². The van der Waals surface area contributed by atoms with Crippen LogP contribution in [0.5, 0.6) is 0 Å². The quantitative estimate of drug-likeness (QED) is 0.798. The maximum absolute atomic E-state index is 12.5. The molecule has 1 aromatic heterocycles. The molecular formula is C17H24N4O2.